The monoisotopic (exact) mass is 655 g/mol. The Labute approximate surface area is 257 Å². The number of aromatic nitrogens is 2. The van der Waals surface area contributed by atoms with Crippen LogP contribution < -0.4 is 20.9 Å². The van der Waals surface area contributed by atoms with E-state index in [1.54, 1.807) is 50.2 Å². The van der Waals surface area contributed by atoms with Gasteiger partial charge in [-0.05, 0) is 39.1 Å². The number of fused-ring (bicyclic) bond motifs is 1. The van der Waals surface area contributed by atoms with Crippen LogP contribution in [0, 0.1) is 0 Å². The van der Waals surface area contributed by atoms with Gasteiger partial charge in [-0.3, -0.25) is 28.5 Å². The van der Waals surface area contributed by atoms with Gasteiger partial charge in [0.2, 0.25) is 0 Å². The maximum absolute atomic E-state index is 16.7. The molecule has 3 unspecified atom stereocenters. The smallest absolute Gasteiger partial charge is 0.459 e. The lowest BCUT2D eigenvalue weighted by molar-refractivity contribution is -0.266. The topological polar surface area (TPSA) is 164 Å². The highest BCUT2D eigenvalue weighted by Gasteiger charge is 2.47. The van der Waals surface area contributed by atoms with Crippen molar-refractivity contribution in [3.8, 4) is 5.75 Å². The van der Waals surface area contributed by atoms with Crippen molar-refractivity contribution in [2.24, 2.45) is 0 Å². The highest BCUT2D eigenvalue weighted by molar-refractivity contribution is 7.52. The minimum Gasteiger partial charge on any atom is -0.462 e. The molecule has 0 radical (unpaired) electrons. The van der Waals surface area contributed by atoms with Gasteiger partial charge in [0.25, 0.3) is 11.4 Å². The minimum atomic E-state index is -4.74. The van der Waals surface area contributed by atoms with E-state index >= 15 is 4.39 Å². The predicted molar refractivity (Wildman–Crippen MR) is 159 cm³/mol. The molecule has 0 saturated heterocycles. The van der Waals surface area contributed by atoms with Crippen molar-refractivity contribution < 1.29 is 46.2 Å². The number of ether oxygens (including phenoxy) is 3. The van der Waals surface area contributed by atoms with E-state index in [2.05, 4.69) is 5.09 Å². The number of hydrogen-bond donors (Lipinski definition) is 2. The zero-order valence-corrected chi connectivity index (χ0v) is 26.3. The van der Waals surface area contributed by atoms with Crippen molar-refractivity contribution in [1.29, 1.82) is 0 Å². The maximum atomic E-state index is 16.7. The van der Waals surface area contributed by atoms with Crippen LogP contribution in [0.15, 0.2) is 64.3 Å². The molecular weight excluding hydrogens is 619 g/mol. The fourth-order valence-electron chi connectivity index (χ4n) is 3.95. The zero-order chi connectivity index (χ0) is 33.4. The summed E-state index contributed by atoms with van der Waals surface area (Å²) in [6.45, 7) is 4.26. The Morgan fingerprint density at radius 3 is 2.38 bits per heavy atom. The van der Waals surface area contributed by atoms with Gasteiger partial charge in [0, 0.05) is 24.1 Å². The van der Waals surface area contributed by atoms with Gasteiger partial charge in [-0.2, -0.15) is 5.09 Å². The van der Waals surface area contributed by atoms with Crippen molar-refractivity contribution in [3.63, 3.8) is 0 Å². The van der Waals surface area contributed by atoms with Gasteiger partial charge in [0.1, 0.15) is 25.1 Å². The molecule has 1 aromatic heterocycles. The Morgan fingerprint density at radius 1 is 1.04 bits per heavy atom. The first-order chi connectivity index (χ1) is 21.2. The van der Waals surface area contributed by atoms with Crippen molar-refractivity contribution in [1.82, 2.24) is 14.6 Å². The van der Waals surface area contributed by atoms with E-state index in [0.717, 1.165) is 19.2 Å². The first-order valence-corrected chi connectivity index (χ1v) is 15.6. The van der Waals surface area contributed by atoms with E-state index in [0.29, 0.717) is 15.3 Å². The van der Waals surface area contributed by atoms with Gasteiger partial charge < -0.3 is 18.7 Å². The molecule has 0 amide bonds. The molecule has 0 spiro atoms. The molecule has 0 saturated carbocycles. The number of esters is 2. The number of benzene rings is 2. The van der Waals surface area contributed by atoms with Crippen LogP contribution >= 0.6 is 7.75 Å². The number of aromatic amines is 1. The summed E-state index contributed by atoms with van der Waals surface area (Å²) in [4.78, 5) is 50.4. The largest absolute Gasteiger partial charge is 0.462 e. The van der Waals surface area contributed by atoms with Gasteiger partial charge in [-0.15, -0.1) is 0 Å². The minimum absolute atomic E-state index is 0.0469. The molecule has 45 heavy (non-hydrogen) atoms. The third kappa shape index (κ3) is 9.54. The lowest BCUT2D eigenvalue weighted by atomic mass is 10.1. The second-order valence-electron chi connectivity index (χ2n) is 10.2. The van der Waals surface area contributed by atoms with Crippen molar-refractivity contribution in [3.05, 3.63) is 75.6 Å². The molecule has 0 aliphatic heterocycles. The first-order valence-electron chi connectivity index (χ1n) is 14.0. The molecule has 1 heterocycles. The van der Waals surface area contributed by atoms with Crippen LogP contribution in [0.25, 0.3) is 10.8 Å². The maximum Gasteiger partial charge on any atom is 0.459 e. The summed E-state index contributed by atoms with van der Waals surface area (Å²) in [5.74, 6) is -4.90. The molecule has 16 heteroatoms. The van der Waals surface area contributed by atoms with Crippen LogP contribution in [0.2, 0.25) is 0 Å². The number of hydrogen-bond acceptors (Lipinski definition) is 10. The van der Waals surface area contributed by atoms with Gasteiger partial charge >= 0.3 is 25.4 Å². The van der Waals surface area contributed by atoms with Crippen molar-refractivity contribution in [2.75, 3.05) is 13.3 Å². The molecule has 5 atom stereocenters. The summed E-state index contributed by atoms with van der Waals surface area (Å²) in [5.41, 5.74) is -1.91. The van der Waals surface area contributed by atoms with Crippen LogP contribution in [0.3, 0.4) is 0 Å². The Morgan fingerprint density at radius 2 is 1.73 bits per heavy atom. The lowest BCUT2D eigenvalue weighted by Crippen LogP contribution is -2.49. The molecule has 13 nitrogen and oxygen atoms in total. The average Bonchev–Trinajstić information content (AvgIpc) is 2.99. The van der Waals surface area contributed by atoms with Crippen LogP contribution in [0.4, 0.5) is 8.78 Å². The fraction of sp³-hybridized carbons (Fsp3) is 0.448. The molecule has 246 valence electrons. The summed E-state index contributed by atoms with van der Waals surface area (Å²) in [6, 6.07) is 11.4. The van der Waals surface area contributed by atoms with Crippen LogP contribution in [-0.4, -0.2) is 58.9 Å². The van der Waals surface area contributed by atoms with Crippen molar-refractivity contribution in [2.45, 2.75) is 71.4 Å². The summed E-state index contributed by atoms with van der Waals surface area (Å²) in [6.07, 6.45) is -3.60. The van der Waals surface area contributed by atoms with Crippen LogP contribution in [-0.2, 0) is 32.9 Å². The third-order valence-electron chi connectivity index (χ3n) is 6.29. The van der Waals surface area contributed by atoms with E-state index in [-0.39, 0.29) is 12.2 Å². The number of alkyl halides is 2. The van der Waals surface area contributed by atoms with Gasteiger partial charge in [-0.1, -0.05) is 43.3 Å². The molecule has 0 aliphatic rings. The van der Waals surface area contributed by atoms with Crippen LogP contribution in [0.5, 0.6) is 5.75 Å². The average molecular weight is 656 g/mol. The van der Waals surface area contributed by atoms with Gasteiger partial charge in [0.05, 0.1) is 6.10 Å². The van der Waals surface area contributed by atoms with Crippen LogP contribution in [0.1, 0.15) is 47.3 Å². The van der Waals surface area contributed by atoms with E-state index in [1.165, 1.54) is 19.9 Å². The molecule has 0 fully saturated rings. The van der Waals surface area contributed by atoms with E-state index in [1.807, 2.05) is 4.98 Å². The van der Waals surface area contributed by atoms with E-state index in [9.17, 15) is 28.1 Å². The number of carbonyl (C=O) groups is 2. The fourth-order valence-corrected chi connectivity index (χ4v) is 5.47. The summed E-state index contributed by atoms with van der Waals surface area (Å²) >= 11 is 0. The number of rotatable bonds is 16. The quantitative estimate of drug-likeness (QED) is 0.167. The van der Waals surface area contributed by atoms with Gasteiger partial charge in [-0.25, -0.2) is 18.1 Å². The second kappa shape index (κ2) is 15.4. The summed E-state index contributed by atoms with van der Waals surface area (Å²) < 4.78 is 72.6. The van der Waals surface area contributed by atoms with Crippen molar-refractivity contribution >= 4 is 30.5 Å². The Hall–Kier alpha value is -3.91. The van der Waals surface area contributed by atoms with Gasteiger partial charge in [0.15, 0.2) is 12.3 Å². The Kier molecular flexibility index (Phi) is 12.2. The highest BCUT2D eigenvalue weighted by atomic mass is 31.2. The summed E-state index contributed by atoms with van der Waals surface area (Å²) in [7, 11) is -4.74. The molecule has 2 aromatic carbocycles. The zero-order valence-electron chi connectivity index (χ0n) is 25.4. The van der Waals surface area contributed by atoms with E-state index < -0.39 is 74.5 Å². The molecule has 0 bridgehead atoms. The van der Waals surface area contributed by atoms with E-state index in [4.69, 9.17) is 23.3 Å². The SMILES string of the molecule is CCC(=O)O[C@@H](C)C(F)(COP(=O)(NC(C)C(=O)OC(C)C)Oc1cccc2ccccc12)O[C@H](CF)n1ccc(=O)[nH]c1=O. The Balaban J connectivity index is 2.01. The number of carbonyl (C=O) groups excluding carboxylic acids is 2. The second-order valence-corrected chi connectivity index (χ2v) is 11.9. The standard InChI is InChI=1S/C29H36F2N3O10P/c1-6-26(36)42-20(5)29(31,43-25(16-30)34-15-14-24(35)32-28(34)38)17-40-45(39,33-19(4)27(37)41-18(2)3)44-23-13-9-11-21-10-7-8-12-22(21)23/h7-15,18-20,25H,6,16-17H2,1-5H3,(H,33,39)(H,32,35,38)/t19?,20-,25+,29?,45?/m0/s1. The highest BCUT2D eigenvalue weighted by Crippen LogP contribution is 2.48. The molecule has 0 aliphatic carbocycles. The lowest BCUT2D eigenvalue weighted by Gasteiger charge is -2.34. The summed E-state index contributed by atoms with van der Waals surface area (Å²) in [5, 5.41) is 3.64. The Bertz CT molecular complexity index is 1640. The first kappa shape index (κ1) is 35.6. The molecule has 3 aromatic rings. The molecular formula is C29H36F2N3O10P. The number of nitrogens with one attached hydrogen (secondary N) is 2. The third-order valence-corrected chi connectivity index (χ3v) is 7.90. The number of nitrogens with zero attached hydrogens (tertiary/aromatic N) is 1. The molecule has 2 N–H and O–H groups in total. The number of H-pyrrole nitrogens is 1. The predicted octanol–water partition coefficient (Wildman–Crippen LogP) is 4.32. The normalized spacial score (nSPS) is 16.3. The molecule has 3 rings (SSSR count). The number of halogens is 2.